The fourth-order valence-electron chi connectivity index (χ4n) is 2.48. The number of aromatic nitrogens is 1. The van der Waals surface area contributed by atoms with Crippen LogP contribution in [0.15, 0.2) is 79.0 Å². The number of pyridine rings is 1. The van der Waals surface area contributed by atoms with Gasteiger partial charge >= 0.3 is 0 Å². The second kappa shape index (κ2) is 8.58. The third kappa shape index (κ3) is 4.77. The van der Waals surface area contributed by atoms with E-state index >= 15 is 0 Å². The van der Waals surface area contributed by atoms with E-state index in [1.54, 1.807) is 18.2 Å². The molecule has 2 N–H and O–H groups in total. The molecule has 26 heavy (non-hydrogen) atoms. The number of para-hydroxylation sites is 1. The Bertz CT molecular complexity index is 880. The second-order valence-corrected chi connectivity index (χ2v) is 5.74. The summed E-state index contributed by atoms with van der Waals surface area (Å²) in [5.41, 5.74) is 2.45. The highest BCUT2D eigenvalue weighted by atomic mass is 16.2. The van der Waals surface area contributed by atoms with Crippen molar-refractivity contribution >= 4 is 17.5 Å². The van der Waals surface area contributed by atoms with Gasteiger partial charge in [-0.05, 0) is 36.2 Å². The number of nitrogens with zero attached hydrogens (tertiary/aromatic N) is 1. The van der Waals surface area contributed by atoms with Crippen LogP contribution >= 0.6 is 0 Å². The molecule has 0 radical (unpaired) electrons. The molecule has 0 saturated carbocycles. The number of benzene rings is 2. The van der Waals surface area contributed by atoms with Crippen LogP contribution in [0.4, 0.5) is 5.69 Å². The summed E-state index contributed by atoms with van der Waals surface area (Å²) < 4.78 is 0. The van der Waals surface area contributed by atoms with Gasteiger partial charge in [-0.3, -0.25) is 14.6 Å². The maximum Gasteiger partial charge on any atom is 0.269 e. The molecule has 0 unspecified atom stereocenters. The van der Waals surface area contributed by atoms with Crippen LogP contribution in [-0.4, -0.2) is 23.3 Å². The lowest BCUT2D eigenvalue weighted by atomic mass is 10.1. The molecule has 0 aliphatic heterocycles. The maximum atomic E-state index is 12.3. The fourth-order valence-corrected chi connectivity index (χ4v) is 2.48. The van der Waals surface area contributed by atoms with Crippen molar-refractivity contribution in [3.05, 3.63) is 95.8 Å². The molecule has 0 saturated heterocycles. The van der Waals surface area contributed by atoms with E-state index in [0.29, 0.717) is 17.8 Å². The second-order valence-electron chi connectivity index (χ2n) is 5.74. The van der Waals surface area contributed by atoms with E-state index in [-0.39, 0.29) is 17.5 Å². The summed E-state index contributed by atoms with van der Waals surface area (Å²) in [6.45, 7) is 0.505. The van der Waals surface area contributed by atoms with Gasteiger partial charge in [0.05, 0.1) is 0 Å². The molecule has 3 rings (SSSR count). The number of carbonyl (C=O) groups excluding carboxylic acids is 2. The third-order valence-electron chi connectivity index (χ3n) is 3.83. The number of nitrogens with one attached hydrogen (secondary N) is 2. The minimum atomic E-state index is -0.296. The fraction of sp³-hybridized carbons (Fsp3) is 0.0952. The van der Waals surface area contributed by atoms with Crippen LogP contribution < -0.4 is 10.6 Å². The van der Waals surface area contributed by atoms with Crippen LogP contribution in [0.25, 0.3) is 0 Å². The van der Waals surface area contributed by atoms with Gasteiger partial charge < -0.3 is 10.6 Å². The Balaban J connectivity index is 1.59. The number of hydrogen-bond acceptors (Lipinski definition) is 3. The first-order chi connectivity index (χ1) is 12.7. The highest BCUT2D eigenvalue weighted by molar-refractivity contribution is 6.05. The van der Waals surface area contributed by atoms with E-state index in [1.807, 2.05) is 48.5 Å². The Labute approximate surface area is 152 Å². The van der Waals surface area contributed by atoms with Crippen molar-refractivity contribution in [1.82, 2.24) is 10.3 Å². The van der Waals surface area contributed by atoms with Crippen molar-refractivity contribution in [1.29, 1.82) is 0 Å². The molecule has 1 aromatic heterocycles. The molecule has 3 aromatic rings. The van der Waals surface area contributed by atoms with E-state index in [1.165, 1.54) is 12.3 Å². The molecule has 0 atom stereocenters. The minimum Gasteiger partial charge on any atom is -0.350 e. The zero-order valence-corrected chi connectivity index (χ0v) is 14.2. The number of anilines is 1. The SMILES string of the molecule is O=C(Nc1ccccc1)c1ccnc(C(=O)NCCc2ccccc2)c1. The monoisotopic (exact) mass is 345 g/mol. The first-order valence-electron chi connectivity index (χ1n) is 8.37. The predicted octanol–water partition coefficient (Wildman–Crippen LogP) is 3.31. The molecule has 5 heteroatoms. The number of hydrogen-bond donors (Lipinski definition) is 2. The summed E-state index contributed by atoms with van der Waals surface area (Å²) in [7, 11) is 0. The van der Waals surface area contributed by atoms with Gasteiger partial charge in [-0.1, -0.05) is 48.5 Å². The Morgan fingerprint density at radius 2 is 1.54 bits per heavy atom. The Kier molecular flexibility index (Phi) is 5.72. The molecule has 2 amide bonds. The lowest BCUT2D eigenvalue weighted by Gasteiger charge is -2.07. The molecule has 0 fully saturated rings. The average Bonchev–Trinajstić information content (AvgIpc) is 2.69. The standard InChI is InChI=1S/C21H19N3O2/c25-20(24-18-9-5-2-6-10-18)17-12-14-22-19(15-17)21(26)23-13-11-16-7-3-1-4-8-16/h1-10,12,14-15H,11,13H2,(H,23,26)(H,24,25). The molecule has 2 aromatic carbocycles. The molecule has 0 aliphatic rings. The Morgan fingerprint density at radius 3 is 2.27 bits per heavy atom. The largest absolute Gasteiger partial charge is 0.350 e. The maximum absolute atomic E-state index is 12.3. The van der Waals surface area contributed by atoms with Crippen molar-refractivity contribution in [3.63, 3.8) is 0 Å². The summed E-state index contributed by atoms with van der Waals surface area (Å²) >= 11 is 0. The summed E-state index contributed by atoms with van der Waals surface area (Å²) in [6.07, 6.45) is 2.20. The van der Waals surface area contributed by atoms with E-state index in [4.69, 9.17) is 0 Å². The predicted molar refractivity (Wildman–Crippen MR) is 101 cm³/mol. The molecule has 5 nitrogen and oxygen atoms in total. The van der Waals surface area contributed by atoms with Crippen LogP contribution in [-0.2, 0) is 6.42 Å². The van der Waals surface area contributed by atoms with Crippen LogP contribution in [0.1, 0.15) is 26.4 Å². The van der Waals surface area contributed by atoms with Crippen LogP contribution in [0.2, 0.25) is 0 Å². The molecule has 130 valence electrons. The van der Waals surface area contributed by atoms with E-state index in [2.05, 4.69) is 15.6 Å². The summed E-state index contributed by atoms with van der Waals surface area (Å²) in [6, 6.07) is 22.2. The van der Waals surface area contributed by atoms with Crippen LogP contribution in [0, 0.1) is 0 Å². The lowest BCUT2D eigenvalue weighted by Crippen LogP contribution is -2.27. The van der Waals surface area contributed by atoms with Crippen LogP contribution in [0.5, 0.6) is 0 Å². The summed E-state index contributed by atoms with van der Waals surface area (Å²) in [5.74, 6) is -0.577. The summed E-state index contributed by atoms with van der Waals surface area (Å²) in [5, 5.41) is 5.62. The van der Waals surface area contributed by atoms with Crippen molar-refractivity contribution < 1.29 is 9.59 Å². The molecular weight excluding hydrogens is 326 g/mol. The van der Waals surface area contributed by atoms with E-state index in [0.717, 1.165) is 12.0 Å². The van der Waals surface area contributed by atoms with Crippen molar-refractivity contribution in [2.75, 3.05) is 11.9 Å². The Hall–Kier alpha value is -3.47. The molecular formula is C21H19N3O2. The smallest absolute Gasteiger partial charge is 0.269 e. The zero-order chi connectivity index (χ0) is 18.2. The molecule has 0 bridgehead atoms. The highest BCUT2D eigenvalue weighted by Crippen LogP contribution is 2.09. The highest BCUT2D eigenvalue weighted by Gasteiger charge is 2.11. The van der Waals surface area contributed by atoms with Gasteiger partial charge in [-0.25, -0.2) is 0 Å². The minimum absolute atomic E-state index is 0.221. The molecule has 0 spiro atoms. The molecule has 1 heterocycles. The van der Waals surface area contributed by atoms with Gasteiger partial charge in [0, 0.05) is 24.0 Å². The topological polar surface area (TPSA) is 71.1 Å². The van der Waals surface area contributed by atoms with E-state index in [9.17, 15) is 9.59 Å². The van der Waals surface area contributed by atoms with E-state index < -0.39 is 0 Å². The van der Waals surface area contributed by atoms with Crippen molar-refractivity contribution in [2.45, 2.75) is 6.42 Å². The van der Waals surface area contributed by atoms with Gasteiger partial charge in [0.15, 0.2) is 0 Å². The number of carbonyl (C=O) groups is 2. The van der Waals surface area contributed by atoms with Crippen molar-refractivity contribution in [2.24, 2.45) is 0 Å². The normalized spacial score (nSPS) is 10.2. The number of rotatable bonds is 6. The Morgan fingerprint density at radius 1 is 0.846 bits per heavy atom. The average molecular weight is 345 g/mol. The third-order valence-corrected chi connectivity index (χ3v) is 3.83. The first kappa shape index (κ1) is 17.4. The molecule has 0 aliphatic carbocycles. The zero-order valence-electron chi connectivity index (χ0n) is 14.2. The van der Waals surface area contributed by atoms with Gasteiger partial charge in [-0.2, -0.15) is 0 Å². The number of amides is 2. The van der Waals surface area contributed by atoms with Gasteiger partial charge in [-0.15, -0.1) is 0 Å². The van der Waals surface area contributed by atoms with Crippen molar-refractivity contribution in [3.8, 4) is 0 Å². The summed E-state index contributed by atoms with van der Waals surface area (Å²) in [4.78, 5) is 28.6. The van der Waals surface area contributed by atoms with Gasteiger partial charge in [0.25, 0.3) is 11.8 Å². The van der Waals surface area contributed by atoms with Crippen LogP contribution in [0.3, 0.4) is 0 Å². The first-order valence-corrected chi connectivity index (χ1v) is 8.37. The lowest BCUT2D eigenvalue weighted by molar-refractivity contribution is 0.0949. The quantitative estimate of drug-likeness (QED) is 0.720. The van der Waals surface area contributed by atoms with Gasteiger partial charge in [0.1, 0.15) is 5.69 Å². The van der Waals surface area contributed by atoms with Gasteiger partial charge in [0.2, 0.25) is 0 Å².